The molecule has 0 radical (unpaired) electrons. The number of carbonyl (C=O) groups is 1. The first-order valence-electron chi connectivity index (χ1n) is 11.7. The number of hydrogen-bond donors (Lipinski definition) is 2. The van der Waals surface area contributed by atoms with Gasteiger partial charge in [-0.1, -0.05) is 18.2 Å². The quantitative estimate of drug-likeness (QED) is 0.223. The van der Waals surface area contributed by atoms with E-state index in [9.17, 15) is 4.79 Å². The molecule has 1 aromatic carbocycles. The van der Waals surface area contributed by atoms with E-state index in [1.807, 2.05) is 0 Å². The number of fused-ring (bicyclic) bond motifs is 1. The summed E-state index contributed by atoms with van der Waals surface area (Å²) in [5.41, 5.74) is 4.24. The molecule has 1 aromatic rings. The van der Waals surface area contributed by atoms with E-state index in [1.54, 1.807) is 19.0 Å². The minimum absolute atomic E-state index is 0. The second-order valence-electron chi connectivity index (χ2n) is 8.79. The van der Waals surface area contributed by atoms with Crippen molar-refractivity contribution in [3.05, 3.63) is 34.9 Å². The maximum Gasteiger partial charge on any atom is 0.243 e. The highest BCUT2D eigenvalue weighted by Gasteiger charge is 2.14. The van der Waals surface area contributed by atoms with E-state index in [1.165, 1.54) is 42.4 Å². The van der Waals surface area contributed by atoms with Crippen molar-refractivity contribution in [2.45, 2.75) is 45.1 Å². The first-order valence-corrected chi connectivity index (χ1v) is 11.7. The van der Waals surface area contributed by atoms with Crippen molar-refractivity contribution in [2.24, 2.45) is 4.99 Å². The number of rotatable bonds is 8. The van der Waals surface area contributed by atoms with Crippen LogP contribution in [0.4, 0.5) is 0 Å². The van der Waals surface area contributed by atoms with Crippen LogP contribution in [-0.4, -0.2) is 81.7 Å². The van der Waals surface area contributed by atoms with Gasteiger partial charge in [-0.05, 0) is 62.3 Å². The molecule has 1 aliphatic heterocycles. The van der Waals surface area contributed by atoms with E-state index >= 15 is 0 Å². The molecule has 3 rings (SSSR count). The molecule has 1 amide bonds. The highest BCUT2D eigenvalue weighted by molar-refractivity contribution is 14.0. The van der Waals surface area contributed by atoms with Crippen LogP contribution in [0.2, 0.25) is 0 Å². The summed E-state index contributed by atoms with van der Waals surface area (Å²) < 4.78 is 5.42. The highest BCUT2D eigenvalue weighted by Crippen LogP contribution is 2.24. The minimum atomic E-state index is -0.00384. The second-order valence-corrected chi connectivity index (χ2v) is 8.79. The van der Waals surface area contributed by atoms with Gasteiger partial charge in [-0.25, -0.2) is 4.99 Å². The monoisotopic (exact) mass is 557 g/mol. The number of guanidine groups is 1. The van der Waals surface area contributed by atoms with E-state index in [-0.39, 0.29) is 42.5 Å². The van der Waals surface area contributed by atoms with E-state index in [4.69, 9.17) is 4.74 Å². The zero-order chi connectivity index (χ0) is 22.1. The van der Waals surface area contributed by atoms with Crippen LogP contribution in [-0.2, 0) is 22.4 Å². The lowest BCUT2D eigenvalue weighted by Crippen LogP contribution is -2.42. The zero-order valence-corrected chi connectivity index (χ0v) is 22.2. The Morgan fingerprint density at radius 3 is 2.62 bits per heavy atom. The minimum Gasteiger partial charge on any atom is -0.379 e. The van der Waals surface area contributed by atoms with Gasteiger partial charge < -0.3 is 20.3 Å². The van der Waals surface area contributed by atoms with Crippen LogP contribution in [0, 0.1) is 0 Å². The van der Waals surface area contributed by atoms with Gasteiger partial charge in [0.05, 0.1) is 19.3 Å². The number of hydrogen-bond acceptors (Lipinski definition) is 4. The number of morpholine rings is 1. The summed E-state index contributed by atoms with van der Waals surface area (Å²) in [6.45, 7) is 7.82. The van der Waals surface area contributed by atoms with Gasteiger partial charge in [-0.2, -0.15) is 0 Å². The number of halogens is 1. The summed E-state index contributed by atoms with van der Waals surface area (Å²) >= 11 is 0. The van der Waals surface area contributed by atoms with Crippen molar-refractivity contribution in [3.8, 4) is 0 Å². The molecule has 2 N–H and O–H groups in total. The number of carbonyl (C=O) groups excluding carboxylic acids is 1. The molecule has 7 nitrogen and oxygen atoms in total. The lowest BCUT2D eigenvalue weighted by atomic mass is 9.89. The molecular formula is C24H40IN5O2. The third-order valence-corrected chi connectivity index (χ3v) is 6.14. The van der Waals surface area contributed by atoms with Crippen molar-refractivity contribution >= 4 is 35.8 Å². The first kappa shape index (κ1) is 26.9. The van der Waals surface area contributed by atoms with Crippen LogP contribution in [0.3, 0.4) is 0 Å². The Morgan fingerprint density at radius 2 is 1.91 bits per heavy atom. The maximum absolute atomic E-state index is 12.0. The second kappa shape index (κ2) is 14.0. The molecule has 32 heavy (non-hydrogen) atoms. The molecule has 1 aliphatic carbocycles. The summed E-state index contributed by atoms with van der Waals surface area (Å²) in [5.74, 6) is 0.693. The van der Waals surface area contributed by atoms with Crippen molar-refractivity contribution in [2.75, 3.05) is 60.0 Å². The maximum atomic E-state index is 12.0. The molecule has 0 bridgehead atoms. The summed E-state index contributed by atoms with van der Waals surface area (Å²) in [6.07, 6.45) is 5.97. The molecule has 0 spiro atoms. The standard InChI is InChI=1S/C24H39N5O2.HI/c1-19(21-10-9-20-7-4-5-8-22(20)17-21)27-24(26-18-23(30)28(2)3)25-11-6-12-29-13-15-31-16-14-29;/h9-10,17,19H,4-8,11-16,18H2,1-3H3,(H2,25,26,27);1H. The van der Waals surface area contributed by atoms with E-state index in [0.29, 0.717) is 5.96 Å². The van der Waals surface area contributed by atoms with Gasteiger partial charge in [0.15, 0.2) is 5.96 Å². The third-order valence-electron chi connectivity index (χ3n) is 6.14. The largest absolute Gasteiger partial charge is 0.379 e. The topological polar surface area (TPSA) is 69.2 Å². The van der Waals surface area contributed by atoms with Crippen molar-refractivity contribution in [1.29, 1.82) is 0 Å². The van der Waals surface area contributed by atoms with Crippen LogP contribution >= 0.6 is 24.0 Å². The van der Waals surface area contributed by atoms with Gasteiger partial charge in [-0.3, -0.25) is 9.69 Å². The van der Waals surface area contributed by atoms with Gasteiger partial charge in [0.25, 0.3) is 0 Å². The number of nitrogens with zero attached hydrogens (tertiary/aromatic N) is 3. The molecule has 2 aliphatic rings. The summed E-state index contributed by atoms with van der Waals surface area (Å²) in [4.78, 5) is 20.6. The fraction of sp³-hybridized carbons (Fsp3) is 0.667. The fourth-order valence-electron chi connectivity index (χ4n) is 4.09. The molecule has 1 heterocycles. The third kappa shape index (κ3) is 8.51. The summed E-state index contributed by atoms with van der Waals surface area (Å²) in [5, 5.41) is 6.93. The highest BCUT2D eigenvalue weighted by atomic mass is 127. The van der Waals surface area contributed by atoms with Crippen molar-refractivity contribution < 1.29 is 9.53 Å². The Balaban J connectivity index is 0.00000363. The van der Waals surface area contributed by atoms with Crippen LogP contribution in [0.5, 0.6) is 0 Å². The Labute approximate surface area is 210 Å². The molecule has 8 heteroatoms. The summed E-state index contributed by atoms with van der Waals surface area (Å²) in [7, 11) is 3.52. The molecule has 1 fully saturated rings. The molecule has 1 atom stereocenters. The Kier molecular flexibility index (Phi) is 11.7. The number of amides is 1. The molecular weight excluding hydrogens is 517 g/mol. The fourth-order valence-corrected chi connectivity index (χ4v) is 4.09. The van der Waals surface area contributed by atoms with Crippen molar-refractivity contribution in [3.63, 3.8) is 0 Å². The number of ether oxygens (including phenoxy) is 1. The molecule has 180 valence electrons. The SMILES string of the molecule is CC(NC(=NCC(=O)N(C)C)NCCCN1CCOCC1)c1ccc2c(c1)CCCC2.I. The Morgan fingerprint density at radius 1 is 1.19 bits per heavy atom. The van der Waals surface area contributed by atoms with E-state index < -0.39 is 0 Å². The van der Waals surface area contributed by atoms with Crippen molar-refractivity contribution in [1.82, 2.24) is 20.4 Å². The average molecular weight is 558 g/mol. The Bertz CT molecular complexity index is 750. The first-order chi connectivity index (χ1) is 15.0. The smallest absolute Gasteiger partial charge is 0.243 e. The van der Waals surface area contributed by atoms with Crippen LogP contribution in [0.1, 0.15) is 48.9 Å². The Hall–Kier alpha value is -1.39. The van der Waals surface area contributed by atoms with Crippen LogP contribution < -0.4 is 10.6 Å². The molecule has 0 aromatic heterocycles. The predicted octanol–water partition coefficient (Wildman–Crippen LogP) is 2.59. The summed E-state index contributed by atoms with van der Waals surface area (Å²) in [6, 6.07) is 6.97. The van der Waals surface area contributed by atoms with Gasteiger partial charge in [0.1, 0.15) is 6.54 Å². The van der Waals surface area contributed by atoms with Gasteiger partial charge in [0.2, 0.25) is 5.91 Å². The van der Waals surface area contributed by atoms with Gasteiger partial charge in [-0.15, -0.1) is 24.0 Å². The number of aryl methyl sites for hydroxylation is 2. The number of nitrogens with one attached hydrogen (secondary N) is 2. The van der Waals surface area contributed by atoms with E-state index in [0.717, 1.165) is 45.8 Å². The molecule has 1 unspecified atom stereocenters. The van der Waals surface area contributed by atoms with Gasteiger partial charge in [0, 0.05) is 33.7 Å². The lowest BCUT2D eigenvalue weighted by Gasteiger charge is -2.26. The number of benzene rings is 1. The van der Waals surface area contributed by atoms with E-state index in [2.05, 4.69) is 45.6 Å². The zero-order valence-electron chi connectivity index (χ0n) is 19.9. The molecule has 1 saturated heterocycles. The predicted molar refractivity (Wildman–Crippen MR) is 141 cm³/mol. The molecule has 0 saturated carbocycles. The normalized spacial score (nSPS) is 17.7. The van der Waals surface area contributed by atoms with Crippen LogP contribution in [0.15, 0.2) is 23.2 Å². The number of aliphatic imine (C=N–C) groups is 1. The average Bonchev–Trinajstić information content (AvgIpc) is 2.80. The lowest BCUT2D eigenvalue weighted by molar-refractivity contribution is -0.127. The number of likely N-dealkylation sites (N-methyl/N-ethyl adjacent to an activating group) is 1. The van der Waals surface area contributed by atoms with Crippen LogP contribution in [0.25, 0.3) is 0 Å². The van der Waals surface area contributed by atoms with Gasteiger partial charge >= 0.3 is 0 Å².